The molecule has 0 saturated heterocycles. The van der Waals surface area contributed by atoms with E-state index in [1.807, 2.05) is 13.8 Å². The van der Waals surface area contributed by atoms with Gasteiger partial charge < -0.3 is 5.73 Å². The van der Waals surface area contributed by atoms with Crippen molar-refractivity contribution in [1.29, 1.82) is 5.26 Å². The van der Waals surface area contributed by atoms with E-state index in [2.05, 4.69) is 22.0 Å². The molecule has 2 aromatic carbocycles. The average Bonchev–Trinajstić information content (AvgIpc) is 2.63. The zero-order valence-electron chi connectivity index (χ0n) is 14.4. The lowest BCUT2D eigenvalue weighted by atomic mass is 10.0. The Labute approximate surface area is 160 Å². The molecule has 2 unspecified atom stereocenters. The van der Waals surface area contributed by atoms with E-state index in [1.54, 1.807) is 31.2 Å². The van der Waals surface area contributed by atoms with Crippen LogP contribution in [0.25, 0.3) is 0 Å². The Balaban J connectivity index is 0.00000151. The second-order valence-electron chi connectivity index (χ2n) is 5.24. The number of benzene rings is 2. The van der Waals surface area contributed by atoms with Gasteiger partial charge in [0.2, 0.25) is 0 Å². The third-order valence-corrected chi connectivity index (χ3v) is 5.44. The van der Waals surface area contributed by atoms with Crippen LogP contribution in [-0.2, 0) is 4.75 Å². The van der Waals surface area contributed by atoms with Crippen LogP contribution in [0.2, 0.25) is 0 Å². The summed E-state index contributed by atoms with van der Waals surface area (Å²) in [5, 5.41) is 9.50. The van der Waals surface area contributed by atoms with Gasteiger partial charge in [0.25, 0.3) is 0 Å². The number of rotatable bonds is 5. The summed E-state index contributed by atoms with van der Waals surface area (Å²) in [4.78, 5) is 0. The predicted octanol–water partition coefficient (Wildman–Crippen LogP) is 5.93. The standard InChI is InChI=1S/C17H15BrF2N2S.C2H6/c1-17(10-21,11-2-5-13(19)6-3-11)23-9-16(22)14-8-12(18)4-7-15(14)20;1-2/h2-8,16H,9,22H2,1H3;1-2H3. The Bertz CT molecular complexity index is 731. The van der Waals surface area contributed by atoms with Gasteiger partial charge in [-0.1, -0.05) is 41.9 Å². The van der Waals surface area contributed by atoms with Crippen LogP contribution in [0.1, 0.15) is 37.9 Å². The molecule has 2 rings (SSSR count). The maximum atomic E-state index is 13.9. The monoisotopic (exact) mass is 426 g/mol. The van der Waals surface area contributed by atoms with E-state index in [4.69, 9.17) is 5.73 Å². The minimum Gasteiger partial charge on any atom is -0.323 e. The fourth-order valence-electron chi connectivity index (χ4n) is 2.09. The number of hydrogen-bond acceptors (Lipinski definition) is 3. The van der Waals surface area contributed by atoms with Crippen molar-refractivity contribution in [2.24, 2.45) is 5.73 Å². The SMILES string of the molecule is CC.CC(C#N)(SCC(N)c1cc(Br)ccc1F)c1ccc(F)cc1. The summed E-state index contributed by atoms with van der Waals surface area (Å²) in [6.45, 7) is 5.74. The van der Waals surface area contributed by atoms with Crippen molar-refractivity contribution < 1.29 is 8.78 Å². The van der Waals surface area contributed by atoms with Gasteiger partial charge in [0.15, 0.2) is 0 Å². The third-order valence-electron chi connectivity index (χ3n) is 3.52. The Kier molecular flexibility index (Phi) is 8.57. The van der Waals surface area contributed by atoms with Crippen LogP contribution in [-0.4, -0.2) is 5.75 Å². The summed E-state index contributed by atoms with van der Waals surface area (Å²) >= 11 is 4.61. The molecule has 0 spiro atoms. The highest BCUT2D eigenvalue weighted by Gasteiger charge is 2.28. The van der Waals surface area contributed by atoms with Crippen molar-refractivity contribution >= 4 is 27.7 Å². The van der Waals surface area contributed by atoms with Crippen LogP contribution >= 0.6 is 27.7 Å². The van der Waals surface area contributed by atoms with E-state index in [-0.39, 0.29) is 11.6 Å². The smallest absolute Gasteiger partial charge is 0.128 e. The second-order valence-corrected chi connectivity index (χ2v) is 7.59. The molecular formula is C19H21BrF2N2S. The molecule has 0 heterocycles. The normalized spacial score (nSPS) is 13.8. The van der Waals surface area contributed by atoms with E-state index in [0.717, 1.165) is 4.47 Å². The first-order valence-electron chi connectivity index (χ1n) is 7.87. The van der Waals surface area contributed by atoms with E-state index < -0.39 is 10.8 Å². The Hall–Kier alpha value is -1.42. The number of nitrogens with two attached hydrogens (primary N) is 1. The Morgan fingerprint density at radius 2 is 1.80 bits per heavy atom. The topological polar surface area (TPSA) is 49.8 Å². The largest absolute Gasteiger partial charge is 0.323 e. The van der Waals surface area contributed by atoms with Crippen LogP contribution in [0.4, 0.5) is 8.78 Å². The van der Waals surface area contributed by atoms with Crippen LogP contribution in [0.3, 0.4) is 0 Å². The van der Waals surface area contributed by atoms with Crippen LogP contribution < -0.4 is 5.73 Å². The van der Waals surface area contributed by atoms with E-state index in [9.17, 15) is 14.0 Å². The molecule has 0 amide bonds. The lowest BCUT2D eigenvalue weighted by molar-refractivity contribution is 0.594. The highest BCUT2D eigenvalue weighted by atomic mass is 79.9. The first kappa shape index (κ1) is 21.6. The molecule has 0 aliphatic carbocycles. The molecular weight excluding hydrogens is 406 g/mol. The fourth-order valence-corrected chi connectivity index (χ4v) is 3.53. The molecule has 6 heteroatoms. The molecule has 2 nitrogen and oxygen atoms in total. The van der Waals surface area contributed by atoms with Crippen LogP contribution in [0, 0.1) is 23.0 Å². The lowest BCUT2D eigenvalue weighted by Gasteiger charge is -2.24. The Morgan fingerprint density at radius 1 is 1.20 bits per heavy atom. The van der Waals surface area contributed by atoms with Gasteiger partial charge in [-0.3, -0.25) is 0 Å². The summed E-state index contributed by atoms with van der Waals surface area (Å²) in [5.74, 6) is -0.372. The molecule has 0 bridgehead atoms. The molecule has 2 aromatic rings. The van der Waals surface area contributed by atoms with Gasteiger partial charge in [-0.05, 0) is 42.8 Å². The first-order valence-corrected chi connectivity index (χ1v) is 9.65. The molecule has 2 N–H and O–H groups in total. The summed E-state index contributed by atoms with van der Waals surface area (Å²) in [6.07, 6.45) is 0. The van der Waals surface area contributed by atoms with Crippen molar-refractivity contribution in [3.63, 3.8) is 0 Å². The maximum Gasteiger partial charge on any atom is 0.128 e. The van der Waals surface area contributed by atoms with Gasteiger partial charge in [0.1, 0.15) is 16.4 Å². The van der Waals surface area contributed by atoms with Gasteiger partial charge in [-0.15, -0.1) is 11.8 Å². The Morgan fingerprint density at radius 3 is 2.36 bits per heavy atom. The second kappa shape index (κ2) is 9.91. The van der Waals surface area contributed by atoms with Gasteiger partial charge in [-0.25, -0.2) is 8.78 Å². The lowest BCUT2D eigenvalue weighted by Crippen LogP contribution is -2.21. The van der Waals surface area contributed by atoms with E-state index in [1.165, 1.54) is 30.0 Å². The molecule has 0 aliphatic rings. The van der Waals surface area contributed by atoms with Crippen LogP contribution in [0.5, 0.6) is 0 Å². The zero-order valence-corrected chi connectivity index (χ0v) is 16.8. The highest BCUT2D eigenvalue weighted by molar-refractivity contribution is 9.10. The number of nitrogens with zero attached hydrogens (tertiary/aromatic N) is 1. The summed E-state index contributed by atoms with van der Waals surface area (Å²) in [5.41, 5.74) is 7.16. The van der Waals surface area contributed by atoms with Gasteiger partial charge in [-0.2, -0.15) is 5.26 Å². The number of nitriles is 1. The number of halogens is 3. The van der Waals surface area contributed by atoms with Crippen molar-refractivity contribution in [3.8, 4) is 6.07 Å². The minimum absolute atomic E-state index is 0.355. The summed E-state index contributed by atoms with van der Waals surface area (Å²) < 4.78 is 26.8. The first-order chi connectivity index (χ1) is 11.9. The van der Waals surface area contributed by atoms with Crippen LogP contribution in [0.15, 0.2) is 46.9 Å². The van der Waals surface area contributed by atoms with Crippen molar-refractivity contribution in [2.45, 2.75) is 31.6 Å². The van der Waals surface area contributed by atoms with E-state index >= 15 is 0 Å². The third kappa shape index (κ3) is 5.81. The molecule has 134 valence electrons. The van der Waals surface area contributed by atoms with Crippen molar-refractivity contribution in [2.75, 3.05) is 5.75 Å². The molecule has 25 heavy (non-hydrogen) atoms. The van der Waals surface area contributed by atoms with Crippen molar-refractivity contribution in [1.82, 2.24) is 0 Å². The van der Waals surface area contributed by atoms with Crippen molar-refractivity contribution in [3.05, 3.63) is 69.7 Å². The molecule has 0 radical (unpaired) electrons. The fraction of sp³-hybridized carbons (Fsp3) is 0.316. The summed E-state index contributed by atoms with van der Waals surface area (Å²) in [6, 6.07) is 12.1. The quantitative estimate of drug-likeness (QED) is 0.644. The minimum atomic E-state index is -0.881. The van der Waals surface area contributed by atoms with Gasteiger partial charge in [0.05, 0.1) is 6.07 Å². The van der Waals surface area contributed by atoms with Gasteiger partial charge >= 0.3 is 0 Å². The maximum absolute atomic E-state index is 13.9. The summed E-state index contributed by atoms with van der Waals surface area (Å²) in [7, 11) is 0. The average molecular weight is 427 g/mol. The molecule has 0 aliphatic heterocycles. The number of thioether (sulfide) groups is 1. The molecule has 0 saturated carbocycles. The van der Waals surface area contributed by atoms with E-state index in [0.29, 0.717) is 16.9 Å². The van der Waals surface area contributed by atoms with Gasteiger partial charge in [0, 0.05) is 21.8 Å². The molecule has 0 fully saturated rings. The number of hydrogen-bond donors (Lipinski definition) is 1. The molecule has 0 aromatic heterocycles. The highest BCUT2D eigenvalue weighted by Crippen LogP contribution is 2.37. The predicted molar refractivity (Wildman–Crippen MR) is 104 cm³/mol. The molecule has 2 atom stereocenters. The zero-order chi connectivity index (χ0) is 19.0.